The number of amides is 2. The van der Waals surface area contributed by atoms with Gasteiger partial charge in [0.05, 0.1) is 17.1 Å². The third kappa shape index (κ3) is 3.76. The van der Waals surface area contributed by atoms with Gasteiger partial charge in [0, 0.05) is 10.8 Å². The number of carbonyl (C=O) groups is 3. The van der Waals surface area contributed by atoms with Gasteiger partial charge in [-0.1, -0.05) is 36.6 Å². The summed E-state index contributed by atoms with van der Waals surface area (Å²) in [5.74, 6) is -1.43. The van der Waals surface area contributed by atoms with Crippen molar-refractivity contribution >= 4 is 41.1 Å². The maximum Gasteiger partial charge on any atom is 1.00 e. The van der Waals surface area contributed by atoms with Crippen LogP contribution in [0.15, 0.2) is 35.5 Å². The Morgan fingerprint density at radius 1 is 1.24 bits per heavy atom. The Bertz CT molecular complexity index is 883. The van der Waals surface area contributed by atoms with Crippen molar-refractivity contribution in [3.05, 3.63) is 46.1 Å². The van der Waals surface area contributed by atoms with Crippen molar-refractivity contribution in [3.63, 3.8) is 0 Å². The van der Waals surface area contributed by atoms with Crippen LogP contribution in [0.1, 0.15) is 38.2 Å². The number of hydrogen-bond donors (Lipinski definition) is 1. The van der Waals surface area contributed by atoms with Gasteiger partial charge in [0.2, 0.25) is 5.91 Å². The van der Waals surface area contributed by atoms with Crippen LogP contribution in [-0.2, 0) is 19.8 Å². The summed E-state index contributed by atoms with van der Waals surface area (Å²) in [4.78, 5) is 38.6. The number of carboxylic acid groups (broad SMARTS) is 1. The molecule has 0 radical (unpaired) electrons. The van der Waals surface area contributed by atoms with Crippen LogP contribution in [0.3, 0.4) is 0 Å². The molecule has 1 aromatic carbocycles. The zero-order valence-corrected chi connectivity index (χ0v) is 19.9. The Morgan fingerprint density at radius 2 is 1.86 bits per heavy atom. The summed E-state index contributed by atoms with van der Waals surface area (Å²) in [7, 11) is 0. The fourth-order valence-corrected chi connectivity index (χ4v) is 5.85. The average molecular weight is 443 g/mol. The summed E-state index contributed by atoms with van der Waals surface area (Å²) in [5, 5.41) is 14.6. The van der Waals surface area contributed by atoms with Gasteiger partial charge in [-0.25, -0.2) is 0 Å². The first-order valence-electron chi connectivity index (χ1n) is 9.28. The number of nitrogens with zero attached hydrogens (tertiary/aromatic N) is 1. The topological polar surface area (TPSA) is 89.5 Å². The number of carboxylic acids is 1. The van der Waals surface area contributed by atoms with Crippen LogP contribution >= 0.6 is 23.4 Å². The molecule has 6 nitrogen and oxygen atoms in total. The van der Waals surface area contributed by atoms with E-state index in [1.165, 1.54) is 16.7 Å². The zero-order chi connectivity index (χ0) is 20.1. The number of nitrogens with one attached hydrogen (secondary N) is 1. The van der Waals surface area contributed by atoms with Crippen LogP contribution in [0, 0.1) is 0 Å². The molecule has 0 spiro atoms. The van der Waals surface area contributed by atoms with Crippen molar-refractivity contribution in [2.24, 2.45) is 0 Å². The van der Waals surface area contributed by atoms with Crippen LogP contribution in [-0.4, -0.2) is 39.9 Å². The van der Waals surface area contributed by atoms with Crippen molar-refractivity contribution < 1.29 is 49.0 Å². The third-order valence-corrected chi connectivity index (χ3v) is 7.60. The van der Waals surface area contributed by atoms with E-state index in [0.717, 1.165) is 18.4 Å². The molecule has 0 bridgehead atoms. The van der Waals surface area contributed by atoms with Crippen molar-refractivity contribution in [2.75, 3.05) is 5.75 Å². The molecule has 1 saturated carbocycles. The molecule has 4 rings (SSSR count). The largest absolute Gasteiger partial charge is 1.00 e. The average Bonchev–Trinajstić information content (AvgIpc) is 3.17. The first-order valence-corrected chi connectivity index (χ1v) is 10.7. The van der Waals surface area contributed by atoms with Crippen LogP contribution in [0.4, 0.5) is 0 Å². The van der Waals surface area contributed by atoms with E-state index in [0.29, 0.717) is 29.2 Å². The van der Waals surface area contributed by atoms with Crippen molar-refractivity contribution in [1.29, 1.82) is 0 Å². The second-order valence-electron chi connectivity index (χ2n) is 7.57. The number of aliphatic carboxylic acids is 1. The molecule has 9 heteroatoms. The fourth-order valence-electron chi connectivity index (χ4n) is 4.44. The number of hydrogen-bond acceptors (Lipinski definition) is 5. The molecule has 0 unspecified atom stereocenters. The molecular weight excluding hydrogens is 423 g/mol. The Hall–Kier alpha value is -0.990. The van der Waals surface area contributed by atoms with Gasteiger partial charge < -0.3 is 15.2 Å². The smallest absolute Gasteiger partial charge is 0.543 e. The normalized spacial score (nSPS) is 25.0. The Kier molecular flexibility index (Phi) is 6.75. The zero-order valence-electron chi connectivity index (χ0n) is 16.4. The number of benzene rings is 1. The van der Waals surface area contributed by atoms with Gasteiger partial charge in [0.25, 0.3) is 5.91 Å². The molecule has 148 valence electrons. The Balaban J connectivity index is 0.00000240. The predicted octanol–water partition coefficient (Wildman–Crippen LogP) is -1.42. The van der Waals surface area contributed by atoms with Crippen LogP contribution in [0.2, 0.25) is 5.02 Å². The molecule has 2 amide bonds. The first-order chi connectivity index (χ1) is 13.3. The predicted molar refractivity (Wildman–Crippen MR) is 104 cm³/mol. The molecule has 1 saturated heterocycles. The van der Waals surface area contributed by atoms with Crippen molar-refractivity contribution in [2.45, 2.75) is 49.4 Å². The maximum atomic E-state index is 13.3. The molecule has 1 aromatic rings. The van der Waals surface area contributed by atoms with Gasteiger partial charge in [-0.15, -0.1) is 11.8 Å². The van der Waals surface area contributed by atoms with E-state index in [-0.39, 0.29) is 41.2 Å². The first kappa shape index (κ1) is 22.7. The van der Waals surface area contributed by atoms with E-state index in [1.807, 2.05) is 12.1 Å². The fraction of sp³-hybridized carbons (Fsp3) is 0.450. The Labute approximate surface area is 200 Å². The standard InChI is InChI=1S/C20H21ClN2O4S.Na/c1-11-10-28-17-14(16(24)23(17)15(11)18(25)26)22-19(27)20(8-2-3-9-20)12-4-6-13(21)7-5-12;/h4-7,14,17H,2-3,8-10H2,1H3,(H,22,27)(H,25,26);/q;+1/p-1/t14-,17-;/m1./s1. The van der Waals surface area contributed by atoms with Gasteiger partial charge >= 0.3 is 29.6 Å². The van der Waals surface area contributed by atoms with E-state index in [2.05, 4.69) is 5.32 Å². The third-order valence-electron chi connectivity index (χ3n) is 5.93. The molecule has 0 aromatic heterocycles. The van der Waals surface area contributed by atoms with Crippen molar-refractivity contribution in [1.82, 2.24) is 10.2 Å². The molecule has 2 atom stereocenters. The number of thioether (sulfide) groups is 1. The SMILES string of the molecule is CC1=C(C(=O)[O-])N2C(=O)[C@@H](NC(=O)C3(c4ccc(Cl)cc4)CCCC3)[C@H]2SC1.[Na+]. The number of fused-ring (bicyclic) bond motifs is 1. The molecular formula is C20H20ClN2NaO4S. The molecule has 2 heterocycles. The minimum atomic E-state index is -1.35. The maximum absolute atomic E-state index is 13.3. The summed E-state index contributed by atoms with van der Waals surface area (Å²) < 4.78 is 0. The number of halogens is 1. The minimum absolute atomic E-state index is 0. The quantitative estimate of drug-likeness (QED) is 0.456. The van der Waals surface area contributed by atoms with E-state index in [4.69, 9.17) is 11.6 Å². The summed E-state index contributed by atoms with van der Waals surface area (Å²) in [5.41, 5.74) is 0.770. The van der Waals surface area contributed by atoms with E-state index < -0.39 is 28.7 Å². The van der Waals surface area contributed by atoms with Crippen molar-refractivity contribution in [3.8, 4) is 0 Å². The summed E-state index contributed by atoms with van der Waals surface area (Å²) >= 11 is 7.45. The molecule has 29 heavy (non-hydrogen) atoms. The van der Waals surface area contributed by atoms with Crippen LogP contribution < -0.4 is 40.0 Å². The van der Waals surface area contributed by atoms with E-state index in [9.17, 15) is 19.5 Å². The number of rotatable bonds is 4. The molecule has 3 aliphatic rings. The van der Waals surface area contributed by atoms with E-state index >= 15 is 0 Å². The summed E-state index contributed by atoms with van der Waals surface area (Å²) in [6, 6.07) is 6.58. The van der Waals surface area contributed by atoms with Crippen LogP contribution in [0.25, 0.3) is 0 Å². The summed E-state index contributed by atoms with van der Waals surface area (Å²) in [6.07, 6.45) is 3.31. The monoisotopic (exact) mass is 442 g/mol. The molecule has 1 N–H and O–H groups in total. The van der Waals surface area contributed by atoms with E-state index in [1.54, 1.807) is 19.1 Å². The summed E-state index contributed by atoms with van der Waals surface area (Å²) in [6.45, 7) is 1.68. The second-order valence-corrected chi connectivity index (χ2v) is 9.11. The molecule has 1 aliphatic carbocycles. The van der Waals surface area contributed by atoms with Gasteiger partial charge in [0.15, 0.2) is 0 Å². The second kappa shape index (κ2) is 8.63. The Morgan fingerprint density at radius 3 is 2.45 bits per heavy atom. The van der Waals surface area contributed by atoms with Gasteiger partial charge in [-0.2, -0.15) is 0 Å². The minimum Gasteiger partial charge on any atom is -0.543 e. The van der Waals surface area contributed by atoms with Gasteiger partial charge in [0.1, 0.15) is 11.4 Å². The van der Waals surface area contributed by atoms with Crippen LogP contribution in [0.5, 0.6) is 0 Å². The molecule has 2 aliphatic heterocycles. The number of β-lactam (4-membered cyclic amide) rings is 1. The molecule has 2 fully saturated rings. The number of carbonyl (C=O) groups excluding carboxylic acids is 3. The van der Waals surface area contributed by atoms with Gasteiger partial charge in [-0.05, 0) is 43.0 Å². The van der Waals surface area contributed by atoms with Gasteiger partial charge in [-0.3, -0.25) is 14.5 Å².